The fourth-order valence-electron chi connectivity index (χ4n) is 3.10. The highest BCUT2D eigenvalue weighted by Gasteiger charge is 2.16. The highest BCUT2D eigenvalue weighted by molar-refractivity contribution is 6.30. The second kappa shape index (κ2) is 8.58. The largest absolute Gasteiger partial charge is 0.422 e. The van der Waals surface area contributed by atoms with Gasteiger partial charge in [0.1, 0.15) is 11.1 Å². The van der Waals surface area contributed by atoms with Gasteiger partial charge in [-0.3, -0.25) is 9.59 Å². The summed E-state index contributed by atoms with van der Waals surface area (Å²) in [6, 6.07) is 12.0. The number of carbonyl (C=O) groups excluding carboxylic acids is 2. The topological polar surface area (TPSA) is 64.3 Å². The predicted octanol–water partition coefficient (Wildman–Crippen LogP) is 6.06. The molecule has 4 nitrogen and oxygen atoms in total. The minimum absolute atomic E-state index is 0.0194. The van der Waals surface area contributed by atoms with Crippen LogP contribution in [0.5, 0.6) is 0 Å². The van der Waals surface area contributed by atoms with Crippen LogP contribution in [0.3, 0.4) is 0 Å². The molecule has 1 heterocycles. The SMILES string of the molecule is CCC(C)c1cc(/C=C/C(=O)c2ccc(Cl)cc2)cc2cc(C(C)=O)c(=O)oc12. The lowest BCUT2D eigenvalue weighted by atomic mass is 9.93. The first kappa shape index (κ1) is 20.7. The van der Waals surface area contributed by atoms with Crippen molar-refractivity contribution in [3.05, 3.63) is 86.2 Å². The van der Waals surface area contributed by atoms with Crippen molar-refractivity contribution in [2.75, 3.05) is 0 Å². The average molecular weight is 409 g/mol. The smallest absolute Gasteiger partial charge is 0.347 e. The highest BCUT2D eigenvalue weighted by atomic mass is 35.5. The Kier molecular flexibility index (Phi) is 6.14. The number of rotatable bonds is 6. The zero-order chi connectivity index (χ0) is 21.1. The molecule has 0 spiro atoms. The number of benzene rings is 2. The molecule has 3 rings (SSSR count). The first-order valence-electron chi connectivity index (χ1n) is 9.41. The summed E-state index contributed by atoms with van der Waals surface area (Å²) < 4.78 is 5.49. The molecule has 0 aliphatic rings. The van der Waals surface area contributed by atoms with Crippen LogP contribution in [0.4, 0.5) is 0 Å². The van der Waals surface area contributed by atoms with Gasteiger partial charge in [-0.2, -0.15) is 0 Å². The number of hydrogen-bond acceptors (Lipinski definition) is 4. The normalized spacial score (nSPS) is 12.4. The lowest BCUT2D eigenvalue weighted by molar-refractivity contribution is 0.101. The van der Waals surface area contributed by atoms with Gasteiger partial charge in [0.2, 0.25) is 0 Å². The molecule has 1 atom stereocenters. The Bertz CT molecular complexity index is 1170. The maximum absolute atomic E-state index is 12.4. The van der Waals surface area contributed by atoms with Crippen LogP contribution >= 0.6 is 11.6 Å². The Hall–Kier alpha value is -2.98. The van der Waals surface area contributed by atoms with Crippen molar-refractivity contribution in [3.8, 4) is 0 Å². The minimum Gasteiger partial charge on any atom is -0.422 e. The van der Waals surface area contributed by atoms with Gasteiger partial charge in [-0.1, -0.05) is 31.5 Å². The van der Waals surface area contributed by atoms with Crippen LogP contribution in [-0.2, 0) is 0 Å². The average Bonchev–Trinajstić information content (AvgIpc) is 2.70. The van der Waals surface area contributed by atoms with E-state index in [9.17, 15) is 14.4 Å². The fourth-order valence-corrected chi connectivity index (χ4v) is 3.22. The van der Waals surface area contributed by atoms with Crippen molar-refractivity contribution in [3.63, 3.8) is 0 Å². The van der Waals surface area contributed by atoms with Crippen LogP contribution in [0.25, 0.3) is 17.0 Å². The Morgan fingerprint density at radius 2 is 1.83 bits per heavy atom. The number of halogens is 1. The second-order valence-corrected chi connectivity index (χ2v) is 7.48. The summed E-state index contributed by atoms with van der Waals surface area (Å²) >= 11 is 5.87. The molecular formula is C24H21ClO4. The van der Waals surface area contributed by atoms with E-state index >= 15 is 0 Å². The van der Waals surface area contributed by atoms with Gasteiger partial charge in [-0.25, -0.2) is 4.79 Å². The summed E-state index contributed by atoms with van der Waals surface area (Å²) in [5, 5.41) is 1.23. The summed E-state index contributed by atoms with van der Waals surface area (Å²) in [6.45, 7) is 5.42. The zero-order valence-corrected chi connectivity index (χ0v) is 17.2. The van der Waals surface area contributed by atoms with Crippen molar-refractivity contribution in [2.45, 2.75) is 33.1 Å². The molecule has 0 N–H and O–H groups in total. The maximum atomic E-state index is 12.4. The Morgan fingerprint density at radius 1 is 1.14 bits per heavy atom. The molecule has 2 aromatic carbocycles. The van der Waals surface area contributed by atoms with Gasteiger partial charge in [0.25, 0.3) is 0 Å². The molecule has 0 radical (unpaired) electrons. The first-order valence-corrected chi connectivity index (χ1v) is 9.78. The number of allylic oxidation sites excluding steroid dienone is 1. The maximum Gasteiger partial charge on any atom is 0.347 e. The number of ketones is 2. The number of fused-ring (bicyclic) bond motifs is 1. The predicted molar refractivity (Wildman–Crippen MR) is 116 cm³/mol. The van der Waals surface area contributed by atoms with E-state index in [-0.39, 0.29) is 23.0 Å². The lowest BCUT2D eigenvalue weighted by Gasteiger charge is -2.13. The van der Waals surface area contributed by atoms with E-state index < -0.39 is 5.63 Å². The van der Waals surface area contributed by atoms with Crippen LogP contribution in [0.2, 0.25) is 5.02 Å². The molecule has 0 saturated heterocycles. The van der Waals surface area contributed by atoms with E-state index in [1.807, 2.05) is 26.0 Å². The fraction of sp³-hybridized carbons (Fsp3) is 0.208. The summed E-state index contributed by atoms with van der Waals surface area (Å²) in [5.74, 6) is -0.343. The van der Waals surface area contributed by atoms with Crippen LogP contribution in [0, 0.1) is 0 Å². The molecule has 0 aliphatic heterocycles. The Labute approximate surface area is 173 Å². The molecule has 148 valence electrons. The minimum atomic E-state index is -0.629. The third kappa shape index (κ3) is 4.54. The Balaban J connectivity index is 2.08. The van der Waals surface area contributed by atoms with Gasteiger partial charge < -0.3 is 4.42 Å². The molecular weight excluding hydrogens is 388 g/mol. The molecule has 3 aromatic rings. The third-order valence-corrected chi connectivity index (χ3v) is 5.21. The van der Waals surface area contributed by atoms with Crippen LogP contribution in [0.15, 0.2) is 57.8 Å². The van der Waals surface area contributed by atoms with Crippen LogP contribution in [-0.4, -0.2) is 11.6 Å². The van der Waals surface area contributed by atoms with Crippen molar-refractivity contribution in [1.82, 2.24) is 0 Å². The number of Topliss-reactive ketones (excluding diaryl/α,β-unsaturated/α-hetero) is 1. The summed E-state index contributed by atoms with van der Waals surface area (Å²) in [4.78, 5) is 36.3. The third-order valence-electron chi connectivity index (χ3n) is 4.96. The van der Waals surface area contributed by atoms with Crippen molar-refractivity contribution < 1.29 is 14.0 Å². The van der Waals surface area contributed by atoms with E-state index in [2.05, 4.69) is 0 Å². The van der Waals surface area contributed by atoms with Gasteiger partial charge in [0.15, 0.2) is 11.6 Å². The van der Waals surface area contributed by atoms with Crippen molar-refractivity contribution >= 4 is 40.2 Å². The van der Waals surface area contributed by atoms with E-state index in [0.717, 1.165) is 17.5 Å². The number of carbonyl (C=O) groups is 2. The monoisotopic (exact) mass is 408 g/mol. The second-order valence-electron chi connectivity index (χ2n) is 7.05. The lowest BCUT2D eigenvalue weighted by Crippen LogP contribution is -2.12. The zero-order valence-electron chi connectivity index (χ0n) is 16.5. The molecule has 0 bridgehead atoms. The molecule has 0 fully saturated rings. The standard InChI is InChI=1S/C24H21ClO4/c1-4-14(2)20-12-16(5-10-22(27)17-6-8-19(25)9-7-17)11-18-13-21(15(3)26)24(28)29-23(18)20/h5-14H,4H2,1-3H3/b10-5+. The van der Waals surface area contributed by atoms with E-state index in [4.69, 9.17) is 16.0 Å². The molecule has 1 aromatic heterocycles. The van der Waals surface area contributed by atoms with Gasteiger partial charge >= 0.3 is 5.63 Å². The molecule has 0 amide bonds. The summed E-state index contributed by atoms with van der Waals surface area (Å²) in [6.07, 6.45) is 4.07. The van der Waals surface area contributed by atoms with Crippen LogP contribution < -0.4 is 5.63 Å². The molecule has 0 saturated carbocycles. The molecule has 29 heavy (non-hydrogen) atoms. The van der Waals surface area contributed by atoms with E-state index in [1.54, 1.807) is 36.4 Å². The van der Waals surface area contributed by atoms with Crippen LogP contribution in [0.1, 0.15) is 65.0 Å². The van der Waals surface area contributed by atoms with Gasteiger partial charge in [0.05, 0.1) is 0 Å². The Morgan fingerprint density at radius 3 is 2.45 bits per heavy atom. The highest BCUT2D eigenvalue weighted by Crippen LogP contribution is 2.29. The first-order chi connectivity index (χ1) is 13.8. The summed E-state index contributed by atoms with van der Waals surface area (Å²) in [7, 11) is 0. The molecule has 5 heteroatoms. The van der Waals surface area contributed by atoms with Gasteiger partial charge in [-0.05, 0) is 78.9 Å². The van der Waals surface area contributed by atoms with Crippen molar-refractivity contribution in [2.24, 2.45) is 0 Å². The van der Waals surface area contributed by atoms with Gasteiger partial charge in [0, 0.05) is 16.0 Å². The molecule has 0 aliphatic carbocycles. The van der Waals surface area contributed by atoms with E-state index in [0.29, 0.717) is 21.6 Å². The number of hydrogen-bond donors (Lipinski definition) is 0. The summed E-state index contributed by atoms with van der Waals surface area (Å²) in [5.41, 5.74) is 2.07. The van der Waals surface area contributed by atoms with Gasteiger partial charge in [-0.15, -0.1) is 0 Å². The van der Waals surface area contributed by atoms with Crippen molar-refractivity contribution in [1.29, 1.82) is 0 Å². The molecule has 1 unspecified atom stereocenters. The van der Waals surface area contributed by atoms with E-state index in [1.165, 1.54) is 13.0 Å². The quantitative estimate of drug-likeness (QED) is 0.282.